The van der Waals surface area contributed by atoms with Crippen molar-refractivity contribution in [3.63, 3.8) is 0 Å². The van der Waals surface area contributed by atoms with Gasteiger partial charge < -0.3 is 16.4 Å². The van der Waals surface area contributed by atoms with E-state index in [-0.39, 0.29) is 11.9 Å². The Hall–Kier alpha value is -2.87. The van der Waals surface area contributed by atoms with Gasteiger partial charge in [-0.2, -0.15) is 4.98 Å². The summed E-state index contributed by atoms with van der Waals surface area (Å²) >= 11 is 0. The molecule has 1 aliphatic heterocycles. The van der Waals surface area contributed by atoms with Crippen LogP contribution in [0.3, 0.4) is 0 Å². The number of nitrogens with one attached hydrogen (secondary N) is 3. The summed E-state index contributed by atoms with van der Waals surface area (Å²) in [5.74, 6) is 0.947. The van der Waals surface area contributed by atoms with E-state index in [9.17, 15) is 4.79 Å². The first-order valence-corrected chi connectivity index (χ1v) is 9.76. The fourth-order valence-electron chi connectivity index (χ4n) is 3.13. The Kier molecular flexibility index (Phi) is 6.30. The van der Waals surface area contributed by atoms with Crippen molar-refractivity contribution in [1.82, 2.24) is 20.4 Å². The van der Waals surface area contributed by atoms with Gasteiger partial charge in [0, 0.05) is 29.9 Å². The van der Waals surface area contributed by atoms with Crippen molar-refractivity contribution in [2.45, 2.75) is 52.1 Å². The second-order valence-corrected chi connectivity index (χ2v) is 7.48. The first kappa shape index (κ1) is 19.9. The summed E-state index contributed by atoms with van der Waals surface area (Å²) in [6, 6.07) is 7.84. The van der Waals surface area contributed by atoms with E-state index < -0.39 is 0 Å². The van der Waals surface area contributed by atoms with Crippen LogP contribution in [0.2, 0.25) is 0 Å². The Morgan fingerprint density at radius 1 is 1.25 bits per heavy atom. The lowest BCUT2D eigenvalue weighted by atomic mass is 10.1. The fourth-order valence-corrected chi connectivity index (χ4v) is 3.13. The highest BCUT2D eigenvalue weighted by Crippen LogP contribution is 2.20. The molecule has 0 bridgehead atoms. The Bertz CT molecular complexity index is 807. The Morgan fingerprint density at radius 3 is 2.68 bits per heavy atom. The van der Waals surface area contributed by atoms with Crippen LogP contribution in [0.5, 0.6) is 0 Å². The lowest BCUT2D eigenvalue weighted by molar-refractivity contribution is 0.0612. The van der Waals surface area contributed by atoms with Gasteiger partial charge in [0.15, 0.2) is 5.82 Å². The summed E-state index contributed by atoms with van der Waals surface area (Å²) in [5, 5.41) is 8.36. The van der Waals surface area contributed by atoms with Crippen LogP contribution in [0, 0.1) is 0 Å². The third kappa shape index (κ3) is 5.10. The molecule has 0 radical (unpaired) electrons. The van der Waals surface area contributed by atoms with Crippen molar-refractivity contribution >= 4 is 29.0 Å². The molecule has 150 valence electrons. The van der Waals surface area contributed by atoms with E-state index in [0.29, 0.717) is 29.1 Å². The Morgan fingerprint density at radius 2 is 2.00 bits per heavy atom. The zero-order valence-corrected chi connectivity index (χ0v) is 16.7. The van der Waals surface area contributed by atoms with E-state index in [4.69, 9.17) is 5.73 Å². The van der Waals surface area contributed by atoms with Gasteiger partial charge in [-0.15, -0.1) is 0 Å². The number of piperidine rings is 1. The van der Waals surface area contributed by atoms with Gasteiger partial charge in [-0.1, -0.05) is 6.42 Å². The molecular weight excluding hydrogens is 354 g/mol. The maximum absolute atomic E-state index is 12.5. The first-order chi connectivity index (χ1) is 13.4. The van der Waals surface area contributed by atoms with E-state index in [1.54, 1.807) is 18.3 Å². The maximum Gasteiger partial charge on any atom is 0.265 e. The highest BCUT2D eigenvalue weighted by atomic mass is 16.2. The second kappa shape index (κ2) is 8.88. The first-order valence-electron chi connectivity index (χ1n) is 9.76. The number of nitrogen functional groups attached to an aromatic ring is 1. The SMILES string of the molecule is CC(C)Nc1nc(Nc2ccc(C(=O)NN3CCCCC3C)cc2)ncc1N. The largest absolute Gasteiger partial charge is 0.394 e. The molecule has 1 aliphatic rings. The van der Waals surface area contributed by atoms with E-state index >= 15 is 0 Å². The lowest BCUT2D eigenvalue weighted by Gasteiger charge is -2.33. The van der Waals surface area contributed by atoms with Crippen LogP contribution in [-0.4, -0.2) is 39.5 Å². The number of benzene rings is 1. The topological polar surface area (TPSA) is 108 Å². The van der Waals surface area contributed by atoms with Gasteiger partial charge in [0.05, 0.1) is 11.9 Å². The smallest absolute Gasteiger partial charge is 0.265 e. The molecule has 1 atom stereocenters. The maximum atomic E-state index is 12.5. The number of amides is 1. The van der Waals surface area contributed by atoms with Gasteiger partial charge in [-0.25, -0.2) is 9.99 Å². The van der Waals surface area contributed by atoms with Gasteiger partial charge in [0.2, 0.25) is 5.95 Å². The van der Waals surface area contributed by atoms with Crippen molar-refractivity contribution in [3.8, 4) is 0 Å². The molecule has 0 aliphatic carbocycles. The fraction of sp³-hybridized carbons (Fsp3) is 0.450. The van der Waals surface area contributed by atoms with Gasteiger partial charge in [0.1, 0.15) is 0 Å². The zero-order chi connectivity index (χ0) is 20.1. The highest BCUT2D eigenvalue weighted by molar-refractivity contribution is 5.94. The monoisotopic (exact) mass is 383 g/mol. The average molecular weight is 384 g/mol. The summed E-state index contributed by atoms with van der Waals surface area (Å²) < 4.78 is 0. The van der Waals surface area contributed by atoms with Crippen LogP contribution in [0.25, 0.3) is 0 Å². The molecule has 0 spiro atoms. The number of hydrogen-bond acceptors (Lipinski definition) is 7. The number of nitrogens with two attached hydrogens (primary N) is 1. The van der Waals surface area contributed by atoms with Crippen LogP contribution in [0.1, 0.15) is 50.4 Å². The van der Waals surface area contributed by atoms with Gasteiger partial charge >= 0.3 is 0 Å². The molecule has 28 heavy (non-hydrogen) atoms. The zero-order valence-electron chi connectivity index (χ0n) is 16.7. The molecule has 2 aromatic rings. The quantitative estimate of drug-likeness (QED) is 0.607. The van der Waals surface area contributed by atoms with Gasteiger partial charge in [0.25, 0.3) is 5.91 Å². The number of anilines is 4. The molecule has 1 unspecified atom stereocenters. The number of carbonyl (C=O) groups is 1. The van der Waals surface area contributed by atoms with Crippen LogP contribution < -0.4 is 21.8 Å². The molecule has 1 saturated heterocycles. The average Bonchev–Trinajstić information content (AvgIpc) is 2.66. The molecule has 8 nitrogen and oxygen atoms in total. The number of rotatable bonds is 6. The minimum Gasteiger partial charge on any atom is -0.394 e. The Labute approximate surface area is 165 Å². The summed E-state index contributed by atoms with van der Waals surface area (Å²) in [4.78, 5) is 21.1. The summed E-state index contributed by atoms with van der Waals surface area (Å²) in [6.07, 6.45) is 5.01. The van der Waals surface area contributed by atoms with E-state index in [0.717, 1.165) is 25.1 Å². The highest BCUT2D eigenvalue weighted by Gasteiger charge is 2.20. The summed E-state index contributed by atoms with van der Waals surface area (Å²) in [6.45, 7) is 7.07. The molecule has 5 N–H and O–H groups in total. The minimum absolute atomic E-state index is 0.0903. The number of hydrazine groups is 1. The normalized spacial score (nSPS) is 17.4. The third-order valence-electron chi connectivity index (χ3n) is 4.69. The molecule has 1 aromatic carbocycles. The summed E-state index contributed by atoms with van der Waals surface area (Å²) in [5.41, 5.74) is 10.8. The van der Waals surface area contributed by atoms with Crippen molar-refractivity contribution in [1.29, 1.82) is 0 Å². The van der Waals surface area contributed by atoms with Crippen LogP contribution in [0.4, 0.5) is 23.1 Å². The minimum atomic E-state index is -0.0903. The standard InChI is InChI=1S/C20H29N7O/c1-13(2)23-18-17(21)12-22-20(25-18)24-16-9-7-15(8-10-16)19(28)26-27-11-5-4-6-14(27)3/h7-10,12-14H,4-6,11,21H2,1-3H3,(H,26,28)(H2,22,23,24,25). The number of nitrogens with zero attached hydrogens (tertiary/aromatic N) is 3. The molecular formula is C20H29N7O. The van der Waals surface area contributed by atoms with Crippen molar-refractivity contribution in [2.75, 3.05) is 22.9 Å². The van der Waals surface area contributed by atoms with E-state index in [2.05, 4.69) is 33.0 Å². The van der Waals surface area contributed by atoms with Gasteiger partial charge in [-0.05, 0) is 57.9 Å². The lowest BCUT2D eigenvalue weighted by Crippen LogP contribution is -2.49. The number of hydrogen-bond donors (Lipinski definition) is 4. The summed E-state index contributed by atoms with van der Waals surface area (Å²) in [7, 11) is 0. The molecule has 2 heterocycles. The molecule has 3 rings (SSSR count). The van der Waals surface area contributed by atoms with E-state index in [1.807, 2.05) is 31.0 Å². The molecule has 0 saturated carbocycles. The number of aromatic nitrogens is 2. The second-order valence-electron chi connectivity index (χ2n) is 7.48. The van der Waals surface area contributed by atoms with Crippen molar-refractivity contribution in [3.05, 3.63) is 36.0 Å². The van der Waals surface area contributed by atoms with Crippen LogP contribution in [-0.2, 0) is 0 Å². The van der Waals surface area contributed by atoms with E-state index in [1.165, 1.54) is 6.42 Å². The van der Waals surface area contributed by atoms with Crippen molar-refractivity contribution < 1.29 is 4.79 Å². The molecule has 1 fully saturated rings. The predicted molar refractivity (Wildman–Crippen MR) is 112 cm³/mol. The van der Waals surface area contributed by atoms with Crippen LogP contribution >= 0.6 is 0 Å². The molecule has 8 heteroatoms. The van der Waals surface area contributed by atoms with Crippen molar-refractivity contribution in [2.24, 2.45) is 0 Å². The Balaban J connectivity index is 1.63. The number of carbonyl (C=O) groups excluding carboxylic acids is 1. The third-order valence-corrected chi connectivity index (χ3v) is 4.69. The van der Waals surface area contributed by atoms with Gasteiger partial charge in [-0.3, -0.25) is 10.2 Å². The predicted octanol–water partition coefficient (Wildman–Crippen LogP) is 3.14. The van der Waals surface area contributed by atoms with Crippen LogP contribution in [0.15, 0.2) is 30.5 Å². The molecule has 1 amide bonds. The molecule has 1 aromatic heterocycles.